The Morgan fingerprint density at radius 3 is 1.54 bits per heavy atom. The number of benzene rings is 10. The minimum atomic E-state index is -0.944. The molecule has 2 aromatic heterocycles. The minimum absolute atomic E-state index is 0.253. The SMILES string of the molecule is CCCCCCCCC(CCCCCC)COc1ccc2c(c1)C(c1ccc(CCCCCC)cc1)(c1ccc(CCCCCC)cc1)c1ccc3c4cccc5c(C#Cc6ccc(-c7ccc(C(=O)O)cc7)c7nsnc67)cc6c(c54)c4c3c1c-2cc4n6CC(CCCCCC)CCCCCCCC. The molecule has 12 aromatic rings. The molecule has 548 valence electrons. The van der Waals surface area contributed by atoms with Crippen LogP contribution in [-0.2, 0) is 24.8 Å². The molecule has 0 spiro atoms. The standard InChI is InChI=1S/C98H117N3O3S/c1-7-13-19-25-27-33-39-71(38-31-23-17-11-5)67-101-88-64-76(53-50-74-54-60-81(96-95(74)99-105-100-96)73-48-51-75(52-49-73)97(102)103)80-42-35-43-83-84-62-63-86-91-85(66-89(101)94(92(84)91)93(88)90(80)83)82-61-59-79(104-68-72(40-32-24-18-12-6)41-34-28-26-20-14-8-2)65-87(82)98(86,77-55-44-69(45-56-77)36-29-21-15-9-3)78-57-46-70(47-58-78)37-30-22-16-10-4/h35,42-49,51-52,54-66,71-72H,7-34,36-41,67-68H2,1-6H3,(H,102,103). The van der Waals surface area contributed by atoms with Crippen molar-refractivity contribution in [3.05, 3.63) is 196 Å². The van der Waals surface area contributed by atoms with Crippen LogP contribution in [0.25, 0.3) is 87.4 Å². The first-order chi connectivity index (χ1) is 51.7. The number of rotatable bonds is 43. The van der Waals surface area contributed by atoms with Gasteiger partial charge in [-0.25, -0.2) is 4.79 Å². The van der Waals surface area contributed by atoms with Crippen molar-refractivity contribution in [2.75, 3.05) is 6.61 Å². The number of nitrogens with zero attached hydrogens (tertiary/aromatic N) is 3. The van der Waals surface area contributed by atoms with Crippen LogP contribution in [0.3, 0.4) is 0 Å². The van der Waals surface area contributed by atoms with Crippen molar-refractivity contribution in [1.29, 1.82) is 0 Å². The minimum Gasteiger partial charge on any atom is -0.493 e. The van der Waals surface area contributed by atoms with Gasteiger partial charge in [-0.05, 0) is 177 Å². The average molecular weight is 1420 g/mol. The van der Waals surface area contributed by atoms with Gasteiger partial charge < -0.3 is 14.4 Å². The summed E-state index contributed by atoms with van der Waals surface area (Å²) in [4.78, 5) is 11.9. The van der Waals surface area contributed by atoms with Crippen LogP contribution < -0.4 is 4.74 Å². The lowest BCUT2D eigenvalue weighted by Gasteiger charge is -2.43. The van der Waals surface area contributed by atoms with Crippen molar-refractivity contribution in [3.63, 3.8) is 0 Å². The number of carbonyl (C=O) groups is 1. The van der Waals surface area contributed by atoms with E-state index in [0.717, 1.165) is 65.0 Å². The Labute approximate surface area is 632 Å². The highest BCUT2D eigenvalue weighted by molar-refractivity contribution is 7.00. The molecule has 13 rings (SSSR count). The van der Waals surface area contributed by atoms with Gasteiger partial charge in [-0.2, -0.15) is 8.75 Å². The van der Waals surface area contributed by atoms with E-state index in [2.05, 4.69) is 179 Å². The predicted octanol–water partition coefficient (Wildman–Crippen LogP) is 28.6. The zero-order valence-electron chi connectivity index (χ0n) is 64.5. The number of ether oxygens (including phenoxy) is 1. The molecule has 0 amide bonds. The van der Waals surface area contributed by atoms with Crippen molar-refractivity contribution < 1.29 is 14.6 Å². The zero-order chi connectivity index (χ0) is 72.5. The van der Waals surface area contributed by atoms with Gasteiger partial charge in [0.15, 0.2) is 0 Å². The molecule has 105 heavy (non-hydrogen) atoms. The van der Waals surface area contributed by atoms with Crippen molar-refractivity contribution in [2.24, 2.45) is 11.8 Å². The van der Waals surface area contributed by atoms with Crippen LogP contribution >= 0.6 is 11.7 Å². The fourth-order valence-electron chi connectivity index (χ4n) is 18.2. The summed E-state index contributed by atoms with van der Waals surface area (Å²) < 4.78 is 19.9. The van der Waals surface area contributed by atoms with E-state index in [9.17, 15) is 9.90 Å². The Hall–Kier alpha value is -8.05. The van der Waals surface area contributed by atoms with E-state index in [1.807, 2.05) is 12.1 Å². The highest BCUT2D eigenvalue weighted by Gasteiger charge is 2.46. The van der Waals surface area contributed by atoms with E-state index in [0.29, 0.717) is 11.8 Å². The molecule has 1 aliphatic rings. The van der Waals surface area contributed by atoms with Crippen LogP contribution in [0, 0.1) is 23.7 Å². The van der Waals surface area contributed by atoms with Gasteiger partial charge >= 0.3 is 5.97 Å². The molecule has 0 saturated carbocycles. The Morgan fingerprint density at radius 1 is 0.438 bits per heavy atom. The number of unbranched alkanes of at least 4 members (excludes halogenated alkanes) is 22. The number of carboxylic acid groups (broad SMARTS) is 1. The molecule has 2 unspecified atom stereocenters. The Kier molecular flexibility index (Phi) is 26.1. The van der Waals surface area contributed by atoms with Gasteiger partial charge in [0.05, 0.1) is 45.9 Å². The number of fused-ring (bicyclic) bond motifs is 4. The monoisotopic (exact) mass is 1420 g/mol. The van der Waals surface area contributed by atoms with Crippen LogP contribution in [0.5, 0.6) is 5.75 Å². The van der Waals surface area contributed by atoms with Crippen LogP contribution in [0.2, 0.25) is 0 Å². The van der Waals surface area contributed by atoms with E-state index in [1.54, 1.807) is 12.1 Å². The van der Waals surface area contributed by atoms with Crippen molar-refractivity contribution in [3.8, 4) is 39.8 Å². The van der Waals surface area contributed by atoms with E-state index in [-0.39, 0.29) is 5.56 Å². The third kappa shape index (κ3) is 16.4. The molecule has 6 nitrogen and oxygen atoms in total. The lowest BCUT2D eigenvalue weighted by atomic mass is 9.59. The second-order valence-corrected chi connectivity index (χ2v) is 32.0. The first-order valence-electron chi connectivity index (χ1n) is 41.8. The summed E-state index contributed by atoms with van der Waals surface area (Å²) in [5.41, 5.74) is 18.1. The first kappa shape index (κ1) is 75.2. The van der Waals surface area contributed by atoms with Crippen LogP contribution in [0.1, 0.15) is 302 Å². The van der Waals surface area contributed by atoms with E-state index < -0.39 is 11.4 Å². The summed E-state index contributed by atoms with van der Waals surface area (Å²) in [5, 5.41) is 20.2. The van der Waals surface area contributed by atoms with Gasteiger partial charge in [0.2, 0.25) is 0 Å². The van der Waals surface area contributed by atoms with Crippen LogP contribution in [0.4, 0.5) is 0 Å². The molecule has 1 N–H and O–H groups in total. The largest absolute Gasteiger partial charge is 0.493 e. The number of hydrogen-bond donors (Lipinski definition) is 1. The number of carboxylic acids is 1. The number of aryl methyl sites for hydroxylation is 2. The fourth-order valence-corrected chi connectivity index (χ4v) is 18.8. The quantitative estimate of drug-likeness (QED) is 0.0178. The molecule has 0 radical (unpaired) electrons. The maximum Gasteiger partial charge on any atom is 0.335 e. The van der Waals surface area contributed by atoms with Crippen LogP contribution in [-0.4, -0.2) is 31.0 Å². The molecule has 0 fully saturated rings. The topological polar surface area (TPSA) is 77.2 Å². The fraction of sp³-hybridized carbons (Fsp3) is 0.459. The molecule has 7 heteroatoms. The van der Waals surface area contributed by atoms with Gasteiger partial charge in [0.25, 0.3) is 0 Å². The third-order valence-electron chi connectivity index (χ3n) is 24.0. The highest BCUT2D eigenvalue weighted by atomic mass is 32.1. The summed E-state index contributed by atoms with van der Waals surface area (Å²) in [6.45, 7) is 15.6. The summed E-state index contributed by atoms with van der Waals surface area (Å²) >= 11 is 1.19. The molecular weight excluding hydrogens is 1300 g/mol. The predicted molar refractivity (Wildman–Crippen MR) is 449 cm³/mol. The smallest absolute Gasteiger partial charge is 0.335 e. The molecule has 1 aliphatic carbocycles. The molecule has 2 atom stereocenters. The summed E-state index contributed by atoms with van der Waals surface area (Å²) in [6.07, 6.45) is 42.8. The highest BCUT2D eigenvalue weighted by Crippen LogP contribution is 2.60. The summed E-state index contributed by atoms with van der Waals surface area (Å²) in [6, 6.07) is 55.8. The number of aromatic carboxylic acids is 1. The van der Waals surface area contributed by atoms with E-state index in [4.69, 9.17) is 13.5 Å². The number of aromatic nitrogens is 3. The van der Waals surface area contributed by atoms with Gasteiger partial charge in [0.1, 0.15) is 16.8 Å². The molecule has 0 bridgehead atoms. The van der Waals surface area contributed by atoms with Crippen molar-refractivity contribution in [2.45, 2.75) is 272 Å². The maximum atomic E-state index is 11.9. The summed E-state index contributed by atoms with van der Waals surface area (Å²) in [7, 11) is 0. The van der Waals surface area contributed by atoms with Gasteiger partial charge in [-0.15, -0.1) is 0 Å². The van der Waals surface area contributed by atoms with Crippen LogP contribution in [0.15, 0.2) is 146 Å². The summed E-state index contributed by atoms with van der Waals surface area (Å²) in [5.74, 6) is 8.64. The second kappa shape index (κ2) is 36.5. The lowest BCUT2D eigenvalue weighted by Crippen LogP contribution is -2.34. The third-order valence-corrected chi connectivity index (χ3v) is 24.5. The molecule has 0 saturated heterocycles. The van der Waals surface area contributed by atoms with Gasteiger partial charge in [-0.3, -0.25) is 0 Å². The lowest BCUT2D eigenvalue weighted by molar-refractivity contribution is 0.0696. The second-order valence-electron chi connectivity index (χ2n) is 31.5. The van der Waals surface area contributed by atoms with E-state index in [1.165, 1.54) is 316 Å². The molecule has 10 aromatic carbocycles. The Balaban J connectivity index is 1.04. The first-order valence-corrected chi connectivity index (χ1v) is 42.5. The number of hydrogen-bond acceptors (Lipinski definition) is 5. The maximum absolute atomic E-state index is 11.9. The average Bonchev–Trinajstić information content (AvgIpc) is 1.61. The molecular formula is C98H117N3O3S. The Morgan fingerprint density at radius 2 is 0.943 bits per heavy atom. The zero-order valence-corrected chi connectivity index (χ0v) is 65.3. The Bertz CT molecular complexity index is 4790. The van der Waals surface area contributed by atoms with Crippen molar-refractivity contribution in [1.82, 2.24) is 13.3 Å². The van der Waals surface area contributed by atoms with Gasteiger partial charge in [0, 0.05) is 39.2 Å². The normalized spacial score (nSPS) is 13.3. The molecule has 0 aliphatic heterocycles. The van der Waals surface area contributed by atoms with Crippen molar-refractivity contribution >= 4 is 82.9 Å². The molecule has 2 heterocycles. The van der Waals surface area contributed by atoms with Gasteiger partial charge in [-0.1, -0.05) is 323 Å². The van der Waals surface area contributed by atoms with E-state index >= 15 is 0 Å².